The molecule has 8 rings (SSSR count). The summed E-state index contributed by atoms with van der Waals surface area (Å²) < 4.78 is 78.8. The van der Waals surface area contributed by atoms with Crippen LogP contribution in [0.1, 0.15) is 114 Å². The first kappa shape index (κ1) is 84.1. The Balaban J connectivity index is 0.000000287. The topological polar surface area (TPSA) is 530 Å². The predicted octanol–water partition coefficient (Wildman–Crippen LogP) is 6.04. The van der Waals surface area contributed by atoms with Crippen molar-refractivity contribution in [1.82, 2.24) is 9.80 Å². The molecular formula is C60H72F6N6O27S2. The van der Waals surface area contributed by atoms with Gasteiger partial charge in [0.25, 0.3) is 11.4 Å². The second-order valence-electron chi connectivity index (χ2n) is 24.2. The minimum atomic E-state index is -4.76. The highest BCUT2D eigenvalue weighted by Gasteiger charge is 2.44. The van der Waals surface area contributed by atoms with E-state index < -0.39 is 165 Å². The number of carboxylic acids is 9. The summed E-state index contributed by atoms with van der Waals surface area (Å²) in [7, 11) is 0. The minimum Gasteiger partial charge on any atom is -0.481 e. The van der Waals surface area contributed by atoms with Gasteiger partial charge in [0.15, 0.2) is 27.7 Å². The van der Waals surface area contributed by atoms with E-state index >= 15 is 0 Å². The minimum absolute atomic E-state index is 0.00913. The third-order valence-corrected chi connectivity index (χ3v) is 18.8. The van der Waals surface area contributed by atoms with Crippen LogP contribution >= 0.6 is 22.7 Å². The quantitative estimate of drug-likeness (QED) is 0.0229. The predicted molar refractivity (Wildman–Crippen MR) is 341 cm³/mol. The van der Waals surface area contributed by atoms with Gasteiger partial charge in [0.05, 0.1) is 69.5 Å². The van der Waals surface area contributed by atoms with Crippen LogP contribution in [0.2, 0.25) is 0 Å². The summed E-state index contributed by atoms with van der Waals surface area (Å²) >= 11 is 2.03. The molecule has 2 aromatic heterocycles. The monoisotopic (exact) mass is 1490 g/mol. The molecule has 41 heteroatoms. The fourth-order valence-corrected chi connectivity index (χ4v) is 13.7. The van der Waals surface area contributed by atoms with Gasteiger partial charge in [0.1, 0.15) is 9.40 Å². The lowest BCUT2D eigenvalue weighted by Crippen LogP contribution is -2.48. The Labute approximate surface area is 573 Å². The van der Waals surface area contributed by atoms with E-state index in [9.17, 15) is 99.3 Å². The number of anilines is 2. The molecule has 2 aliphatic carbocycles. The number of carboxylic acid groups (broad SMARTS) is 9. The number of rotatable bonds is 23. The molecule has 33 nitrogen and oxygen atoms in total. The Kier molecular flexibility index (Phi) is 30.3. The number of nitro benzene ring substituents is 2. The van der Waals surface area contributed by atoms with Crippen LogP contribution in [-0.2, 0) is 55.5 Å². The fraction of sp³-hybridized carbons (Fsp3) is 0.550. The summed E-state index contributed by atoms with van der Waals surface area (Å²) in [4.78, 5) is 147. The normalized spacial score (nSPS) is 15.9. The van der Waals surface area contributed by atoms with Crippen LogP contribution in [0.15, 0.2) is 46.0 Å². The molecule has 0 atom stereocenters. The number of benzene rings is 2. The molecule has 0 bridgehead atoms. The zero-order valence-electron chi connectivity index (χ0n) is 53.3. The Bertz CT molecular complexity index is 3490. The number of nitrogens with zero attached hydrogens (tertiary/aromatic N) is 6. The second kappa shape index (κ2) is 36.4. The molecule has 2 aromatic carbocycles. The summed E-state index contributed by atoms with van der Waals surface area (Å²) in [5, 5.41) is 125. The molecule has 12 N–H and O–H groups in total. The molecular weight excluding hydrogens is 1410 g/mol. The molecule has 2 saturated carbocycles. The van der Waals surface area contributed by atoms with Crippen molar-refractivity contribution in [2.45, 2.75) is 132 Å². The number of alkyl halides is 6. The van der Waals surface area contributed by atoms with Gasteiger partial charge < -0.3 is 71.1 Å². The van der Waals surface area contributed by atoms with Crippen LogP contribution in [0, 0.1) is 32.1 Å². The standard InChI is InChI=1S/2C21H24F3N3O3S.3C6H8O7/c2*22-21(23,24)15-10-16-18(28)12-19(31-20(16)17(11-15)27(29)30)26-8-6-25(7-9-26)13-14-4-2-1-3-5-14;3*7-3(8)1-6(13,5(11)12)2-4(9)10/h2*10-12,14H,1-9,13H2;3*13H,1-2H2,(H,7,8)(H,9,10)(H,11,12). The molecule has 0 unspecified atom stereocenters. The molecule has 0 amide bonds. The number of hydrogen-bond acceptors (Lipinski definition) is 24. The van der Waals surface area contributed by atoms with Gasteiger partial charge in [-0.1, -0.05) is 38.5 Å². The van der Waals surface area contributed by atoms with E-state index in [4.69, 9.17) is 61.3 Å². The summed E-state index contributed by atoms with van der Waals surface area (Å²) in [6, 6.07) is 5.09. The molecule has 4 aromatic rings. The van der Waals surface area contributed by atoms with Crippen molar-refractivity contribution in [3.05, 3.63) is 88.2 Å². The highest BCUT2D eigenvalue weighted by molar-refractivity contribution is 7.23. The highest BCUT2D eigenvalue weighted by atomic mass is 32.1. The van der Waals surface area contributed by atoms with Gasteiger partial charge in [-0.3, -0.25) is 68.4 Å². The van der Waals surface area contributed by atoms with Crippen molar-refractivity contribution >= 4 is 118 Å². The molecule has 4 heterocycles. The number of piperazine rings is 2. The first-order chi connectivity index (χ1) is 46.8. The van der Waals surface area contributed by atoms with E-state index in [1.807, 2.05) is 9.80 Å². The number of aliphatic carboxylic acids is 9. The number of nitro groups is 2. The molecule has 4 aliphatic rings. The van der Waals surface area contributed by atoms with Crippen molar-refractivity contribution in [3.8, 4) is 0 Å². The van der Waals surface area contributed by atoms with Gasteiger partial charge in [0.2, 0.25) is 0 Å². The Hall–Kier alpha value is -9.29. The van der Waals surface area contributed by atoms with Crippen molar-refractivity contribution in [2.24, 2.45) is 11.8 Å². The van der Waals surface area contributed by atoms with Crippen molar-refractivity contribution in [2.75, 3.05) is 75.2 Å². The lowest BCUT2D eigenvalue weighted by Gasteiger charge is -2.38. The summed E-state index contributed by atoms with van der Waals surface area (Å²) in [5.41, 5.74) is -13.2. The fourth-order valence-electron chi connectivity index (χ4n) is 11.3. The number of halogens is 6. The lowest BCUT2D eigenvalue weighted by atomic mass is 9.89. The summed E-state index contributed by atoms with van der Waals surface area (Å²) in [6.45, 7) is 8.24. The van der Waals surface area contributed by atoms with E-state index in [0.29, 0.717) is 60.4 Å². The van der Waals surface area contributed by atoms with E-state index in [1.165, 1.54) is 76.3 Å². The van der Waals surface area contributed by atoms with E-state index in [0.717, 1.165) is 73.8 Å². The third-order valence-electron chi connectivity index (χ3n) is 16.3. The van der Waals surface area contributed by atoms with Crippen molar-refractivity contribution < 1.29 is 141 Å². The number of fused-ring (bicyclic) bond motifs is 2. The molecule has 558 valence electrons. The molecule has 0 spiro atoms. The molecule has 2 aliphatic heterocycles. The molecule has 101 heavy (non-hydrogen) atoms. The SMILES string of the molecule is O=C(O)CC(O)(CC(=O)O)C(=O)O.O=C(O)CC(O)(CC(=O)O)C(=O)O.O=C(O)CC(O)(CC(=O)O)C(=O)O.O=c1cc(N2CCN(CC3CCCCC3)CC2)sc2c([N+](=O)[O-])cc(C(F)(F)F)cc12.O=c1cc(N2CCN(CC3CCCCC3)CC2)sc2c([N+](=O)[O-])cc(C(F)(F)F)cc12. The lowest BCUT2D eigenvalue weighted by molar-refractivity contribution is -0.383. The zero-order chi connectivity index (χ0) is 76.3. The largest absolute Gasteiger partial charge is 0.481 e. The van der Waals surface area contributed by atoms with Crippen LogP contribution in [0.4, 0.5) is 47.7 Å². The zero-order valence-corrected chi connectivity index (χ0v) is 54.9. The Morgan fingerprint density at radius 3 is 0.871 bits per heavy atom. The average molecular weight is 1490 g/mol. The number of carbonyl (C=O) groups is 9. The van der Waals surface area contributed by atoms with Gasteiger partial charge in [-0.25, -0.2) is 14.4 Å². The van der Waals surface area contributed by atoms with Gasteiger partial charge >= 0.3 is 66.1 Å². The van der Waals surface area contributed by atoms with Crippen LogP contribution in [0.25, 0.3) is 20.2 Å². The maximum Gasteiger partial charge on any atom is 0.416 e. The Morgan fingerprint density at radius 1 is 0.416 bits per heavy atom. The van der Waals surface area contributed by atoms with E-state index in [-0.39, 0.29) is 20.2 Å². The van der Waals surface area contributed by atoms with Crippen molar-refractivity contribution in [1.29, 1.82) is 0 Å². The maximum atomic E-state index is 13.1. The second-order valence-corrected chi connectivity index (χ2v) is 26.2. The highest BCUT2D eigenvalue weighted by Crippen LogP contribution is 2.41. The Morgan fingerprint density at radius 2 is 0.663 bits per heavy atom. The molecule has 0 radical (unpaired) electrons. The molecule has 4 fully saturated rings. The number of aliphatic hydroxyl groups is 3. The van der Waals surface area contributed by atoms with Crippen LogP contribution in [-0.4, -0.2) is 217 Å². The first-order valence-corrected chi connectivity index (χ1v) is 32.2. The average Bonchev–Trinajstić information content (AvgIpc) is 0.769. The van der Waals surface area contributed by atoms with E-state index in [2.05, 4.69) is 9.80 Å². The van der Waals surface area contributed by atoms with Gasteiger partial charge in [0, 0.05) is 100 Å². The smallest absolute Gasteiger partial charge is 0.416 e. The van der Waals surface area contributed by atoms with Crippen LogP contribution < -0.4 is 20.7 Å². The third kappa shape index (κ3) is 25.7. The summed E-state index contributed by atoms with van der Waals surface area (Å²) in [6.07, 6.45) is -3.46. The maximum absolute atomic E-state index is 13.1. The van der Waals surface area contributed by atoms with Crippen LogP contribution in [0.5, 0.6) is 0 Å². The van der Waals surface area contributed by atoms with Gasteiger partial charge in [-0.05, 0) is 49.7 Å². The molecule has 2 saturated heterocycles. The first-order valence-electron chi connectivity index (χ1n) is 30.6. The van der Waals surface area contributed by atoms with Gasteiger partial charge in [-0.15, -0.1) is 22.7 Å². The number of hydrogen-bond donors (Lipinski definition) is 12. The number of non-ortho nitro benzene ring substituents is 2. The van der Waals surface area contributed by atoms with Crippen LogP contribution in [0.3, 0.4) is 0 Å². The van der Waals surface area contributed by atoms with Crippen molar-refractivity contribution in [3.63, 3.8) is 0 Å². The van der Waals surface area contributed by atoms with E-state index in [1.54, 1.807) is 0 Å². The summed E-state index contributed by atoms with van der Waals surface area (Å²) in [5.74, 6) is -13.6. The van der Waals surface area contributed by atoms with Gasteiger partial charge in [-0.2, -0.15) is 26.3 Å².